The van der Waals surface area contributed by atoms with E-state index in [9.17, 15) is 14.7 Å². The van der Waals surface area contributed by atoms with Gasteiger partial charge in [0.1, 0.15) is 0 Å². The van der Waals surface area contributed by atoms with Gasteiger partial charge in [0, 0.05) is 12.0 Å². The number of rotatable bonds is 3. The Morgan fingerprint density at radius 2 is 1.88 bits per heavy atom. The third-order valence-corrected chi connectivity index (χ3v) is 4.03. The van der Waals surface area contributed by atoms with Crippen LogP contribution in [-0.2, 0) is 9.59 Å². The van der Waals surface area contributed by atoms with Crippen LogP contribution >= 0.6 is 0 Å². The Kier molecular flexibility index (Phi) is 2.91. The molecule has 16 heavy (non-hydrogen) atoms. The largest absolute Gasteiger partial charge is 0.481 e. The number of fused-ring (bicyclic) bond motifs is 2. The smallest absolute Gasteiger partial charge is 0.308 e. The van der Waals surface area contributed by atoms with Crippen LogP contribution in [0.25, 0.3) is 0 Å². The van der Waals surface area contributed by atoms with Crippen LogP contribution in [-0.4, -0.2) is 23.0 Å². The number of carboxylic acids is 1. The zero-order valence-electron chi connectivity index (χ0n) is 9.77. The highest BCUT2D eigenvalue weighted by atomic mass is 16.4. The minimum atomic E-state index is -0.749. The summed E-state index contributed by atoms with van der Waals surface area (Å²) in [6.07, 6.45) is 3.05. The second-order valence-electron chi connectivity index (χ2n) is 5.39. The van der Waals surface area contributed by atoms with E-state index in [2.05, 4.69) is 5.32 Å². The molecule has 0 aromatic carbocycles. The first-order chi connectivity index (χ1) is 7.50. The monoisotopic (exact) mass is 225 g/mol. The van der Waals surface area contributed by atoms with E-state index in [-0.39, 0.29) is 29.7 Å². The predicted octanol–water partition coefficient (Wildman–Crippen LogP) is 1.26. The average molecular weight is 225 g/mol. The van der Waals surface area contributed by atoms with Crippen molar-refractivity contribution in [2.24, 2.45) is 23.7 Å². The lowest BCUT2D eigenvalue weighted by atomic mass is 9.84. The molecular formula is C12H19NO3. The van der Waals surface area contributed by atoms with Crippen molar-refractivity contribution in [2.45, 2.75) is 39.2 Å². The number of nitrogens with one attached hydrogen (secondary N) is 1. The van der Waals surface area contributed by atoms with E-state index in [0.29, 0.717) is 5.92 Å². The summed E-state index contributed by atoms with van der Waals surface area (Å²) in [5.41, 5.74) is 0. The number of carboxylic acid groups (broad SMARTS) is 1. The molecule has 2 aliphatic carbocycles. The molecule has 2 bridgehead atoms. The summed E-state index contributed by atoms with van der Waals surface area (Å²) in [6, 6.07) is -0.133. The normalized spacial score (nSPS) is 36.7. The maximum atomic E-state index is 11.6. The molecule has 0 saturated heterocycles. The lowest BCUT2D eigenvalue weighted by Crippen LogP contribution is -2.48. The van der Waals surface area contributed by atoms with Crippen LogP contribution in [0.2, 0.25) is 0 Å². The fourth-order valence-corrected chi connectivity index (χ4v) is 3.19. The second-order valence-corrected chi connectivity index (χ2v) is 5.39. The van der Waals surface area contributed by atoms with Gasteiger partial charge in [0.05, 0.1) is 5.92 Å². The molecule has 0 aromatic rings. The first-order valence-corrected chi connectivity index (χ1v) is 6.04. The molecular weight excluding hydrogens is 206 g/mol. The van der Waals surface area contributed by atoms with Crippen LogP contribution in [0.3, 0.4) is 0 Å². The van der Waals surface area contributed by atoms with E-state index in [1.165, 1.54) is 0 Å². The molecule has 0 spiro atoms. The van der Waals surface area contributed by atoms with Gasteiger partial charge < -0.3 is 10.4 Å². The maximum Gasteiger partial charge on any atom is 0.308 e. The van der Waals surface area contributed by atoms with Crippen LogP contribution in [0.5, 0.6) is 0 Å². The number of amides is 1. The van der Waals surface area contributed by atoms with E-state index in [4.69, 9.17) is 0 Å². The van der Waals surface area contributed by atoms with Gasteiger partial charge in [-0.25, -0.2) is 0 Å². The van der Waals surface area contributed by atoms with Gasteiger partial charge >= 0.3 is 5.97 Å². The van der Waals surface area contributed by atoms with E-state index in [0.717, 1.165) is 19.3 Å². The Hall–Kier alpha value is -1.06. The molecule has 1 amide bonds. The van der Waals surface area contributed by atoms with Gasteiger partial charge in [-0.15, -0.1) is 0 Å². The predicted molar refractivity (Wildman–Crippen MR) is 58.7 cm³/mol. The highest BCUT2D eigenvalue weighted by Gasteiger charge is 2.51. The molecule has 90 valence electrons. The van der Waals surface area contributed by atoms with Crippen molar-refractivity contribution in [1.82, 2.24) is 5.32 Å². The van der Waals surface area contributed by atoms with Gasteiger partial charge in [0.15, 0.2) is 0 Å². The molecule has 2 fully saturated rings. The number of hydrogen-bond acceptors (Lipinski definition) is 2. The minimum Gasteiger partial charge on any atom is -0.481 e. The molecule has 0 aromatic heterocycles. The highest BCUT2D eigenvalue weighted by Crippen LogP contribution is 2.48. The summed E-state index contributed by atoms with van der Waals surface area (Å²) in [6.45, 7) is 3.66. The zero-order valence-corrected chi connectivity index (χ0v) is 9.77. The Bertz CT molecular complexity index is 313. The van der Waals surface area contributed by atoms with E-state index in [1.807, 2.05) is 13.8 Å². The quantitative estimate of drug-likeness (QED) is 0.759. The molecule has 2 saturated carbocycles. The zero-order chi connectivity index (χ0) is 11.9. The molecule has 2 N–H and O–H groups in total. The molecule has 2 aliphatic rings. The van der Waals surface area contributed by atoms with Crippen molar-refractivity contribution in [3.63, 3.8) is 0 Å². The molecule has 0 heterocycles. The molecule has 2 rings (SSSR count). The number of carbonyl (C=O) groups excluding carboxylic acids is 1. The van der Waals surface area contributed by atoms with Gasteiger partial charge in [-0.2, -0.15) is 0 Å². The summed E-state index contributed by atoms with van der Waals surface area (Å²) < 4.78 is 0. The first-order valence-electron chi connectivity index (χ1n) is 6.04. The second kappa shape index (κ2) is 4.07. The molecule has 4 atom stereocenters. The number of carbonyl (C=O) groups is 2. The highest BCUT2D eigenvalue weighted by molar-refractivity contribution is 5.80. The standard InChI is InChI=1S/C12H19NO3/c1-6(2)11(14)13-10-8-4-3-7(5-8)9(10)12(15)16/h6-10H,3-5H2,1-2H3,(H,13,14)(H,15,16). The van der Waals surface area contributed by atoms with Gasteiger partial charge in [-0.1, -0.05) is 13.8 Å². The summed E-state index contributed by atoms with van der Waals surface area (Å²) in [5.74, 6) is -0.547. The summed E-state index contributed by atoms with van der Waals surface area (Å²) in [4.78, 5) is 22.8. The van der Waals surface area contributed by atoms with Gasteiger partial charge in [-0.3, -0.25) is 9.59 Å². The van der Waals surface area contributed by atoms with Crippen LogP contribution < -0.4 is 5.32 Å². The molecule has 0 aliphatic heterocycles. The topological polar surface area (TPSA) is 66.4 Å². The van der Waals surface area contributed by atoms with E-state index < -0.39 is 5.97 Å². The van der Waals surface area contributed by atoms with Crippen molar-refractivity contribution < 1.29 is 14.7 Å². The summed E-state index contributed by atoms with van der Waals surface area (Å²) >= 11 is 0. The van der Waals surface area contributed by atoms with Gasteiger partial charge in [0.25, 0.3) is 0 Å². The average Bonchev–Trinajstić information content (AvgIpc) is 2.76. The third kappa shape index (κ3) is 1.81. The van der Waals surface area contributed by atoms with Crippen LogP contribution in [0.4, 0.5) is 0 Å². The Balaban J connectivity index is 2.07. The molecule has 4 nitrogen and oxygen atoms in total. The SMILES string of the molecule is CC(C)C(=O)NC1C2CCC(C2)C1C(=O)O. The van der Waals surface area contributed by atoms with Crippen molar-refractivity contribution >= 4 is 11.9 Å². The third-order valence-electron chi connectivity index (χ3n) is 4.03. The van der Waals surface area contributed by atoms with E-state index in [1.54, 1.807) is 0 Å². The van der Waals surface area contributed by atoms with Crippen LogP contribution in [0.15, 0.2) is 0 Å². The van der Waals surface area contributed by atoms with Crippen molar-refractivity contribution in [3.05, 3.63) is 0 Å². The lowest BCUT2D eigenvalue weighted by Gasteiger charge is -2.29. The lowest BCUT2D eigenvalue weighted by molar-refractivity contribution is -0.144. The van der Waals surface area contributed by atoms with Gasteiger partial charge in [-0.05, 0) is 31.1 Å². The number of hydrogen-bond donors (Lipinski definition) is 2. The van der Waals surface area contributed by atoms with E-state index >= 15 is 0 Å². The van der Waals surface area contributed by atoms with Crippen molar-refractivity contribution in [1.29, 1.82) is 0 Å². The summed E-state index contributed by atoms with van der Waals surface area (Å²) in [7, 11) is 0. The van der Waals surface area contributed by atoms with Crippen LogP contribution in [0, 0.1) is 23.7 Å². The fraction of sp³-hybridized carbons (Fsp3) is 0.833. The van der Waals surface area contributed by atoms with Crippen molar-refractivity contribution in [2.75, 3.05) is 0 Å². The number of aliphatic carboxylic acids is 1. The van der Waals surface area contributed by atoms with Gasteiger partial charge in [0.2, 0.25) is 5.91 Å². The van der Waals surface area contributed by atoms with Crippen molar-refractivity contribution in [3.8, 4) is 0 Å². The molecule has 4 unspecified atom stereocenters. The Morgan fingerprint density at radius 3 is 2.44 bits per heavy atom. The maximum absolute atomic E-state index is 11.6. The minimum absolute atomic E-state index is 0.0243. The molecule has 0 radical (unpaired) electrons. The summed E-state index contributed by atoms with van der Waals surface area (Å²) in [5, 5.41) is 12.1. The fourth-order valence-electron chi connectivity index (χ4n) is 3.19. The molecule has 4 heteroatoms. The van der Waals surface area contributed by atoms with Crippen LogP contribution in [0.1, 0.15) is 33.1 Å². The first kappa shape index (κ1) is 11.4. The Morgan fingerprint density at radius 1 is 1.25 bits per heavy atom. The Labute approximate surface area is 95.4 Å².